The van der Waals surface area contributed by atoms with Crippen LogP contribution in [0.5, 0.6) is 0 Å². The van der Waals surface area contributed by atoms with Crippen LogP contribution in [0, 0.1) is 0 Å². The van der Waals surface area contributed by atoms with E-state index in [4.69, 9.17) is 18.9 Å². The lowest BCUT2D eigenvalue weighted by molar-refractivity contribution is -0.389. The first-order valence-electron chi connectivity index (χ1n) is 11.3. The van der Waals surface area contributed by atoms with E-state index in [2.05, 4.69) is 5.32 Å². The van der Waals surface area contributed by atoms with E-state index in [9.17, 15) is 4.79 Å². The first-order chi connectivity index (χ1) is 16.3. The van der Waals surface area contributed by atoms with Gasteiger partial charge in [0.05, 0.1) is 19.8 Å². The summed E-state index contributed by atoms with van der Waals surface area (Å²) >= 11 is 0. The monoisotopic (exact) mass is 463 g/mol. The molecule has 0 radical (unpaired) electrons. The van der Waals surface area contributed by atoms with Gasteiger partial charge in [0.15, 0.2) is 0 Å². The number of carbonyl (C=O) groups is 1. The van der Waals surface area contributed by atoms with Crippen LogP contribution in [0.1, 0.15) is 37.5 Å². The fourth-order valence-corrected chi connectivity index (χ4v) is 3.08. The van der Waals surface area contributed by atoms with Crippen LogP contribution in [0.2, 0.25) is 0 Å². The second-order valence-corrected chi connectivity index (χ2v) is 8.86. The van der Waals surface area contributed by atoms with Gasteiger partial charge in [-0.15, -0.1) is 0 Å². The molecule has 1 amide bonds. The van der Waals surface area contributed by atoms with E-state index in [1.807, 2.05) is 112 Å². The Balaban J connectivity index is 1.80. The second-order valence-electron chi connectivity index (χ2n) is 8.86. The highest BCUT2D eigenvalue weighted by atomic mass is 16.9. The topological polar surface area (TPSA) is 66.0 Å². The van der Waals surface area contributed by atoms with Gasteiger partial charge < -0.3 is 24.3 Å². The van der Waals surface area contributed by atoms with Crippen LogP contribution >= 0.6 is 0 Å². The fourth-order valence-electron chi connectivity index (χ4n) is 3.08. The van der Waals surface area contributed by atoms with Gasteiger partial charge in [0, 0.05) is 0 Å². The summed E-state index contributed by atoms with van der Waals surface area (Å²) in [6.45, 7) is 6.08. The lowest BCUT2D eigenvalue weighted by atomic mass is 10.2. The number of benzene rings is 3. The number of carbonyl (C=O) groups excluding carboxylic acids is 1. The highest BCUT2D eigenvalue weighted by Crippen LogP contribution is 2.22. The van der Waals surface area contributed by atoms with Crippen molar-refractivity contribution in [2.75, 3.05) is 6.54 Å². The minimum Gasteiger partial charge on any atom is -0.444 e. The van der Waals surface area contributed by atoms with Gasteiger partial charge in [-0.2, -0.15) is 0 Å². The van der Waals surface area contributed by atoms with Crippen molar-refractivity contribution in [1.82, 2.24) is 5.32 Å². The molecule has 34 heavy (non-hydrogen) atoms. The zero-order valence-corrected chi connectivity index (χ0v) is 20.0. The normalized spacial score (nSPS) is 11.7. The van der Waals surface area contributed by atoms with E-state index in [1.165, 1.54) is 0 Å². The molecule has 3 rings (SSSR count). The smallest absolute Gasteiger partial charge is 0.407 e. The van der Waals surface area contributed by atoms with Crippen molar-refractivity contribution in [2.24, 2.45) is 0 Å². The molecular weight excluding hydrogens is 430 g/mol. The van der Waals surface area contributed by atoms with Gasteiger partial charge >= 0.3 is 12.1 Å². The second kappa shape index (κ2) is 12.3. The zero-order chi connectivity index (χ0) is 24.3. The third kappa shape index (κ3) is 8.98. The number of alkyl carbamates (subject to hydrolysis) is 1. The Morgan fingerprint density at radius 2 is 1.00 bits per heavy atom. The average molecular weight is 464 g/mol. The molecule has 0 saturated carbocycles. The van der Waals surface area contributed by atoms with Gasteiger partial charge in [-0.3, -0.25) is 0 Å². The summed E-state index contributed by atoms with van der Waals surface area (Å²) in [7, 11) is 0. The molecule has 0 aliphatic rings. The van der Waals surface area contributed by atoms with Crippen LogP contribution in [0.25, 0.3) is 0 Å². The van der Waals surface area contributed by atoms with E-state index >= 15 is 0 Å². The van der Waals surface area contributed by atoms with Crippen LogP contribution in [0.3, 0.4) is 0 Å². The van der Waals surface area contributed by atoms with Crippen LogP contribution < -0.4 is 5.32 Å². The quantitative estimate of drug-likeness (QED) is 0.363. The maximum absolute atomic E-state index is 12.4. The lowest BCUT2D eigenvalue weighted by Crippen LogP contribution is -2.50. The molecule has 0 saturated heterocycles. The largest absolute Gasteiger partial charge is 0.444 e. The van der Waals surface area contributed by atoms with E-state index in [-0.39, 0.29) is 26.4 Å². The molecule has 0 atom stereocenters. The molecule has 0 heterocycles. The Labute approximate surface area is 201 Å². The van der Waals surface area contributed by atoms with Crippen molar-refractivity contribution >= 4 is 6.09 Å². The Hall–Kier alpha value is -3.19. The molecule has 1 N–H and O–H groups in total. The summed E-state index contributed by atoms with van der Waals surface area (Å²) in [6, 6.07) is 29.2. The SMILES string of the molecule is CC(C)(C)OC(=O)NCC(OCc1ccccc1)(OCc1ccccc1)OCc1ccccc1. The molecule has 3 aromatic rings. The molecule has 180 valence electrons. The van der Waals surface area contributed by atoms with Crippen molar-refractivity contribution in [3.8, 4) is 0 Å². The van der Waals surface area contributed by atoms with Crippen LogP contribution in [-0.4, -0.2) is 24.2 Å². The first-order valence-corrected chi connectivity index (χ1v) is 11.3. The number of hydrogen-bond donors (Lipinski definition) is 1. The molecule has 0 fully saturated rings. The molecule has 0 aliphatic heterocycles. The Morgan fingerprint density at radius 1 is 0.647 bits per heavy atom. The summed E-state index contributed by atoms with van der Waals surface area (Å²) in [5, 5.41) is 2.75. The number of hydrogen-bond acceptors (Lipinski definition) is 5. The van der Waals surface area contributed by atoms with E-state index in [0.717, 1.165) is 16.7 Å². The molecule has 3 aromatic carbocycles. The van der Waals surface area contributed by atoms with E-state index in [0.29, 0.717) is 0 Å². The minimum absolute atomic E-state index is 0.0611. The molecule has 0 unspecified atom stereocenters. The number of ether oxygens (including phenoxy) is 4. The summed E-state index contributed by atoms with van der Waals surface area (Å²) in [5.41, 5.74) is 2.23. The predicted molar refractivity (Wildman–Crippen MR) is 131 cm³/mol. The first kappa shape index (κ1) is 25.4. The molecule has 0 aromatic heterocycles. The van der Waals surface area contributed by atoms with Crippen molar-refractivity contribution in [2.45, 2.75) is 52.2 Å². The molecule has 0 aliphatic carbocycles. The van der Waals surface area contributed by atoms with Gasteiger partial charge in [0.25, 0.3) is 0 Å². The molecule has 0 spiro atoms. The highest BCUT2D eigenvalue weighted by molar-refractivity contribution is 5.67. The van der Waals surface area contributed by atoms with Gasteiger partial charge in [-0.05, 0) is 37.5 Å². The molecule has 6 heteroatoms. The van der Waals surface area contributed by atoms with Gasteiger partial charge in [0.1, 0.15) is 12.1 Å². The summed E-state index contributed by atoms with van der Waals surface area (Å²) in [6.07, 6.45) is -0.577. The van der Waals surface area contributed by atoms with Crippen LogP contribution in [0.4, 0.5) is 4.79 Å². The lowest BCUT2D eigenvalue weighted by Gasteiger charge is -2.34. The minimum atomic E-state index is -1.54. The number of rotatable bonds is 11. The van der Waals surface area contributed by atoms with Gasteiger partial charge in [-0.25, -0.2) is 4.79 Å². The molecular formula is C28H33NO5. The summed E-state index contributed by atoms with van der Waals surface area (Å²) < 4.78 is 24.1. The maximum atomic E-state index is 12.4. The molecule has 0 bridgehead atoms. The number of nitrogens with one attached hydrogen (secondary N) is 1. The average Bonchev–Trinajstić information content (AvgIpc) is 2.84. The van der Waals surface area contributed by atoms with Crippen molar-refractivity contribution in [3.05, 3.63) is 108 Å². The Kier molecular flexibility index (Phi) is 9.22. The standard InChI is InChI=1S/C28H33NO5/c1-27(2,3)34-26(30)29-22-28(31-19-23-13-7-4-8-14-23,32-20-24-15-9-5-10-16-24)33-21-25-17-11-6-12-18-25/h4-18H,19-22H2,1-3H3,(H,29,30). The Morgan fingerprint density at radius 3 is 1.32 bits per heavy atom. The van der Waals surface area contributed by atoms with Crippen molar-refractivity contribution < 1.29 is 23.7 Å². The zero-order valence-electron chi connectivity index (χ0n) is 20.0. The van der Waals surface area contributed by atoms with E-state index in [1.54, 1.807) is 0 Å². The van der Waals surface area contributed by atoms with Crippen LogP contribution in [-0.2, 0) is 38.8 Å². The third-order valence-electron chi connectivity index (χ3n) is 4.75. The predicted octanol–water partition coefficient (Wildman–Crippen LogP) is 5.82. The molecule has 6 nitrogen and oxygen atoms in total. The summed E-state index contributed by atoms with van der Waals surface area (Å²) in [5.74, 6) is -1.54. The van der Waals surface area contributed by atoms with Crippen LogP contribution in [0.15, 0.2) is 91.0 Å². The van der Waals surface area contributed by atoms with Crippen molar-refractivity contribution in [3.63, 3.8) is 0 Å². The van der Waals surface area contributed by atoms with Gasteiger partial charge in [0.2, 0.25) is 0 Å². The maximum Gasteiger partial charge on any atom is 0.407 e. The fraction of sp³-hybridized carbons (Fsp3) is 0.321. The Bertz CT molecular complexity index is 881. The van der Waals surface area contributed by atoms with Crippen molar-refractivity contribution in [1.29, 1.82) is 0 Å². The summed E-state index contributed by atoms with van der Waals surface area (Å²) in [4.78, 5) is 12.4. The van der Waals surface area contributed by atoms with E-state index < -0.39 is 17.7 Å². The highest BCUT2D eigenvalue weighted by Gasteiger charge is 2.36. The van der Waals surface area contributed by atoms with Gasteiger partial charge in [-0.1, -0.05) is 91.0 Å². The third-order valence-corrected chi connectivity index (χ3v) is 4.75. The number of amides is 1.